The zero-order chi connectivity index (χ0) is 9.42. The quantitative estimate of drug-likeness (QED) is 0.375. The summed E-state index contributed by atoms with van der Waals surface area (Å²) in [6, 6.07) is 4.02. The molecule has 1 N–H and O–H groups in total. The molecule has 1 aromatic carbocycles. The number of carboxylic acid groups (broad SMARTS) is 1. The molecule has 0 radical (unpaired) electrons. The topological polar surface area (TPSA) is 91.1 Å². The Bertz CT molecular complexity index is 482. The first kappa shape index (κ1) is 11.0. The molecule has 0 amide bonds. The third-order valence-electron chi connectivity index (χ3n) is 1.66. The summed E-state index contributed by atoms with van der Waals surface area (Å²) < 4.78 is 0. The number of aromatic nitrogens is 3. The Balaban J connectivity index is 0.000000980. The fourth-order valence-corrected chi connectivity index (χ4v) is 1.03. The van der Waals surface area contributed by atoms with Crippen molar-refractivity contribution in [2.75, 3.05) is 0 Å². The van der Waals surface area contributed by atoms with Gasteiger partial charge in [0, 0.05) is 0 Å². The summed E-state index contributed by atoms with van der Waals surface area (Å²) in [6.07, 6.45) is 0. The molecule has 0 fully saturated rings. The van der Waals surface area contributed by atoms with E-state index in [9.17, 15) is 9.90 Å². The van der Waals surface area contributed by atoms with E-state index in [2.05, 4.69) is 10.3 Å². The predicted molar refractivity (Wildman–Crippen MR) is 39.0 cm³/mol. The fourth-order valence-electron chi connectivity index (χ4n) is 1.03. The largest absolute Gasteiger partial charge is 1.00 e. The maximum atomic E-state index is 10.4. The smallest absolute Gasteiger partial charge is 0.545 e. The van der Waals surface area contributed by atoms with E-state index in [4.69, 9.17) is 5.21 Å². The van der Waals surface area contributed by atoms with Gasteiger partial charge < -0.3 is 15.1 Å². The molecule has 2 rings (SSSR count). The van der Waals surface area contributed by atoms with Gasteiger partial charge in [0.15, 0.2) is 0 Å². The number of benzene rings is 1. The molecule has 0 bridgehead atoms. The van der Waals surface area contributed by atoms with Gasteiger partial charge in [0.05, 0.1) is 5.97 Å². The standard InChI is InChI=1S/C7H5N3O3.Na/c11-7(12)4-1-2-5-6(3-4)10(13)9-8-5;/h1-3,13H,(H,11,12);/q;+1/p-1. The van der Waals surface area contributed by atoms with E-state index in [1.54, 1.807) is 0 Å². The van der Waals surface area contributed by atoms with Gasteiger partial charge in [-0.3, -0.25) is 0 Å². The minimum absolute atomic E-state index is 0. The van der Waals surface area contributed by atoms with Crippen LogP contribution in [0.3, 0.4) is 0 Å². The van der Waals surface area contributed by atoms with Crippen molar-refractivity contribution in [1.82, 2.24) is 15.2 Å². The van der Waals surface area contributed by atoms with Crippen molar-refractivity contribution < 1.29 is 44.7 Å². The molecule has 0 unspecified atom stereocenters. The van der Waals surface area contributed by atoms with E-state index in [-0.39, 0.29) is 40.6 Å². The number of nitrogens with zero attached hydrogens (tertiary/aromatic N) is 3. The van der Waals surface area contributed by atoms with Crippen LogP contribution in [0.1, 0.15) is 10.4 Å². The Morgan fingerprint density at radius 1 is 1.50 bits per heavy atom. The first-order valence-electron chi connectivity index (χ1n) is 3.44. The summed E-state index contributed by atoms with van der Waals surface area (Å²) in [7, 11) is 0. The van der Waals surface area contributed by atoms with Crippen molar-refractivity contribution in [3.63, 3.8) is 0 Å². The third-order valence-corrected chi connectivity index (χ3v) is 1.66. The molecule has 0 aliphatic carbocycles. The summed E-state index contributed by atoms with van der Waals surface area (Å²) in [4.78, 5) is 11.0. The van der Waals surface area contributed by atoms with Crippen molar-refractivity contribution in [1.29, 1.82) is 0 Å². The first-order valence-corrected chi connectivity index (χ1v) is 3.44. The normalized spacial score (nSPS) is 9.71. The van der Waals surface area contributed by atoms with Crippen LogP contribution in [0.2, 0.25) is 0 Å². The maximum absolute atomic E-state index is 10.4. The third kappa shape index (κ3) is 1.72. The van der Waals surface area contributed by atoms with Crippen molar-refractivity contribution >= 4 is 17.0 Å². The predicted octanol–water partition coefficient (Wildman–Crippen LogP) is -3.96. The number of aromatic carboxylic acids is 1. The molecule has 1 heterocycles. The Morgan fingerprint density at radius 2 is 2.21 bits per heavy atom. The Labute approximate surface area is 100 Å². The first-order chi connectivity index (χ1) is 6.18. The molecule has 0 aliphatic rings. The van der Waals surface area contributed by atoms with Crippen LogP contribution >= 0.6 is 0 Å². The van der Waals surface area contributed by atoms with Crippen LogP contribution in [0.4, 0.5) is 0 Å². The average Bonchev–Trinajstić information content (AvgIpc) is 2.47. The van der Waals surface area contributed by atoms with Crippen LogP contribution < -0.4 is 34.7 Å². The molecule has 14 heavy (non-hydrogen) atoms. The molecule has 1 aromatic heterocycles. The monoisotopic (exact) mass is 201 g/mol. The zero-order valence-corrected chi connectivity index (χ0v) is 9.34. The molecule has 0 saturated heterocycles. The number of hydrogen-bond acceptors (Lipinski definition) is 5. The van der Waals surface area contributed by atoms with Gasteiger partial charge in [-0.05, 0) is 22.9 Å². The second-order valence-corrected chi connectivity index (χ2v) is 2.47. The van der Waals surface area contributed by atoms with Crippen LogP contribution in [0.15, 0.2) is 18.2 Å². The van der Waals surface area contributed by atoms with Crippen molar-refractivity contribution in [2.24, 2.45) is 0 Å². The molecular weight excluding hydrogens is 197 g/mol. The SMILES string of the molecule is O=C([O-])c1ccc2nnn(O)c2c1.[Na+]. The molecule has 66 valence electrons. The molecule has 0 spiro atoms. The molecule has 7 heteroatoms. The minimum atomic E-state index is -1.30. The van der Waals surface area contributed by atoms with E-state index >= 15 is 0 Å². The Morgan fingerprint density at radius 3 is 2.86 bits per heavy atom. The molecule has 0 atom stereocenters. The van der Waals surface area contributed by atoms with Gasteiger partial charge in [0.1, 0.15) is 11.0 Å². The van der Waals surface area contributed by atoms with Crippen LogP contribution in [0.5, 0.6) is 0 Å². The second-order valence-electron chi connectivity index (χ2n) is 2.47. The zero-order valence-electron chi connectivity index (χ0n) is 7.34. The number of carbonyl (C=O) groups is 1. The van der Waals surface area contributed by atoms with Gasteiger partial charge in [-0.15, -0.1) is 5.10 Å². The van der Waals surface area contributed by atoms with Gasteiger partial charge in [0.2, 0.25) is 0 Å². The summed E-state index contributed by atoms with van der Waals surface area (Å²) in [6.45, 7) is 0. The van der Waals surface area contributed by atoms with Gasteiger partial charge in [0.25, 0.3) is 0 Å². The van der Waals surface area contributed by atoms with Crippen LogP contribution in [-0.2, 0) is 0 Å². The van der Waals surface area contributed by atoms with E-state index in [0.717, 1.165) is 0 Å². The number of carbonyl (C=O) groups excluding carboxylic acids is 1. The van der Waals surface area contributed by atoms with Crippen molar-refractivity contribution in [3.8, 4) is 0 Å². The minimum Gasteiger partial charge on any atom is -0.545 e. The van der Waals surface area contributed by atoms with Crippen LogP contribution in [-0.4, -0.2) is 26.3 Å². The molecule has 6 nitrogen and oxygen atoms in total. The van der Waals surface area contributed by atoms with Gasteiger partial charge in [-0.1, -0.05) is 10.9 Å². The number of rotatable bonds is 1. The van der Waals surface area contributed by atoms with Crippen LogP contribution in [0, 0.1) is 0 Å². The molecule has 2 aromatic rings. The van der Waals surface area contributed by atoms with Crippen molar-refractivity contribution in [2.45, 2.75) is 0 Å². The number of hydrogen-bond donors (Lipinski definition) is 1. The Hall–Kier alpha value is -1.11. The Kier molecular flexibility index (Phi) is 3.10. The maximum Gasteiger partial charge on any atom is 1.00 e. The van der Waals surface area contributed by atoms with Gasteiger partial charge >= 0.3 is 29.6 Å². The average molecular weight is 201 g/mol. The molecular formula is C7H4N3NaO3. The summed E-state index contributed by atoms with van der Waals surface area (Å²) in [5.41, 5.74) is 0.638. The molecule has 0 aliphatic heterocycles. The van der Waals surface area contributed by atoms with E-state index in [0.29, 0.717) is 10.4 Å². The summed E-state index contributed by atoms with van der Waals surface area (Å²) in [5.74, 6) is -1.30. The summed E-state index contributed by atoms with van der Waals surface area (Å²) >= 11 is 0. The van der Waals surface area contributed by atoms with E-state index in [1.807, 2.05) is 0 Å². The van der Waals surface area contributed by atoms with Crippen LogP contribution in [0.25, 0.3) is 11.0 Å². The summed E-state index contributed by atoms with van der Waals surface area (Å²) in [5, 5.41) is 26.4. The number of fused-ring (bicyclic) bond motifs is 1. The van der Waals surface area contributed by atoms with Gasteiger partial charge in [-0.25, -0.2) is 0 Å². The fraction of sp³-hybridized carbons (Fsp3) is 0. The van der Waals surface area contributed by atoms with E-state index in [1.165, 1.54) is 18.2 Å². The number of carboxylic acids is 1. The molecule has 0 saturated carbocycles. The van der Waals surface area contributed by atoms with E-state index < -0.39 is 5.97 Å². The second kappa shape index (κ2) is 3.95. The van der Waals surface area contributed by atoms with Gasteiger partial charge in [-0.2, -0.15) is 0 Å². The van der Waals surface area contributed by atoms with Crippen molar-refractivity contribution in [3.05, 3.63) is 23.8 Å².